The summed E-state index contributed by atoms with van der Waals surface area (Å²) in [6.45, 7) is 7.34. The van der Waals surface area contributed by atoms with E-state index < -0.39 is 6.04 Å². The Balaban J connectivity index is 1.76. The van der Waals surface area contributed by atoms with E-state index in [1.54, 1.807) is 16.4 Å². The van der Waals surface area contributed by atoms with Crippen LogP contribution in [0.2, 0.25) is 0 Å². The predicted octanol–water partition coefficient (Wildman–Crippen LogP) is 4.58. The lowest BCUT2D eigenvalue weighted by atomic mass is 9.94. The van der Waals surface area contributed by atoms with Gasteiger partial charge >= 0.3 is 0 Å². The van der Waals surface area contributed by atoms with Crippen molar-refractivity contribution in [1.29, 1.82) is 0 Å². The molecule has 3 N–H and O–H groups in total. The zero-order valence-electron chi connectivity index (χ0n) is 19.0. The van der Waals surface area contributed by atoms with Crippen LogP contribution in [0.15, 0.2) is 65.0 Å². The number of benzene rings is 2. The van der Waals surface area contributed by atoms with Crippen LogP contribution in [0, 0.1) is 6.92 Å². The third-order valence-corrected chi connectivity index (χ3v) is 6.01. The van der Waals surface area contributed by atoms with E-state index in [9.17, 15) is 9.59 Å². The van der Waals surface area contributed by atoms with Crippen molar-refractivity contribution in [3.63, 3.8) is 0 Å². The van der Waals surface area contributed by atoms with Crippen LogP contribution < -0.4 is 16.0 Å². The van der Waals surface area contributed by atoms with Gasteiger partial charge in [0.15, 0.2) is 0 Å². The molecule has 8 nitrogen and oxygen atoms in total. The maximum absolute atomic E-state index is 13.5. The lowest BCUT2D eigenvalue weighted by Crippen LogP contribution is -2.31. The number of aryl methyl sites for hydroxylation is 1. The molecule has 4 rings (SSSR count). The number of aromatic nitrogens is 3. The molecule has 9 heteroatoms. The van der Waals surface area contributed by atoms with E-state index in [0.29, 0.717) is 28.1 Å². The molecule has 170 valence electrons. The minimum Gasteiger partial charge on any atom is -0.328 e. The molecule has 2 aromatic carbocycles. The molecular weight excluding hydrogens is 436 g/mol. The van der Waals surface area contributed by atoms with E-state index in [0.717, 1.165) is 22.6 Å². The number of hydrogen-bond donors (Lipinski definition) is 3. The molecule has 33 heavy (non-hydrogen) atoms. The van der Waals surface area contributed by atoms with Gasteiger partial charge in [-0.3, -0.25) is 9.59 Å². The van der Waals surface area contributed by atoms with Crippen LogP contribution in [0.25, 0.3) is 0 Å². The monoisotopic (exact) mass is 462 g/mol. The Bertz CT molecular complexity index is 1230. The molecule has 1 aliphatic heterocycles. The van der Waals surface area contributed by atoms with Gasteiger partial charge in [0.1, 0.15) is 6.04 Å². The van der Waals surface area contributed by atoms with Crippen molar-refractivity contribution in [1.82, 2.24) is 14.8 Å². The number of nitrogens with zero attached hydrogens (tertiary/aromatic N) is 3. The average Bonchev–Trinajstić information content (AvgIpc) is 3.16. The molecule has 1 atom stereocenters. The molecule has 3 aromatic rings. The van der Waals surface area contributed by atoms with Crippen LogP contribution in [0.3, 0.4) is 0 Å². The van der Waals surface area contributed by atoms with Crippen LogP contribution >= 0.6 is 11.8 Å². The number of carbonyl (C=O) groups excluding carboxylic acids is 2. The van der Waals surface area contributed by atoms with Crippen molar-refractivity contribution in [3.05, 3.63) is 70.9 Å². The number of hydrogen-bond acceptors (Lipinski definition) is 6. The van der Waals surface area contributed by atoms with E-state index >= 15 is 0 Å². The number of amides is 2. The quantitative estimate of drug-likeness (QED) is 0.464. The van der Waals surface area contributed by atoms with E-state index in [1.807, 2.05) is 69.3 Å². The van der Waals surface area contributed by atoms with Crippen LogP contribution in [0.5, 0.6) is 0 Å². The Morgan fingerprint density at radius 2 is 1.82 bits per heavy atom. The summed E-state index contributed by atoms with van der Waals surface area (Å²) in [6, 6.07) is 14.6. The van der Waals surface area contributed by atoms with Crippen molar-refractivity contribution in [3.8, 4) is 0 Å². The summed E-state index contributed by atoms with van der Waals surface area (Å²) in [5.41, 5.74) is 4.55. The van der Waals surface area contributed by atoms with Crippen molar-refractivity contribution in [2.45, 2.75) is 38.9 Å². The molecule has 0 aliphatic carbocycles. The second-order valence-electron chi connectivity index (χ2n) is 7.73. The molecular formula is C24H26N6O2S. The first-order valence-electron chi connectivity index (χ1n) is 10.7. The summed E-state index contributed by atoms with van der Waals surface area (Å²) in [7, 11) is 0. The highest BCUT2D eigenvalue weighted by molar-refractivity contribution is 7.99. The molecule has 1 aromatic heterocycles. The molecule has 0 radical (unpaired) electrons. The normalized spacial score (nSPS) is 15.0. The number of carbonyl (C=O) groups is 2. The Morgan fingerprint density at radius 1 is 1.09 bits per heavy atom. The van der Waals surface area contributed by atoms with Crippen molar-refractivity contribution < 1.29 is 9.59 Å². The molecule has 2 heterocycles. The number of nitrogens with one attached hydrogen (secondary N) is 3. The second-order valence-corrected chi connectivity index (χ2v) is 8.97. The fourth-order valence-corrected chi connectivity index (χ4v) is 4.33. The zero-order chi connectivity index (χ0) is 23.5. The van der Waals surface area contributed by atoms with E-state index in [4.69, 9.17) is 0 Å². The highest BCUT2D eigenvalue weighted by Gasteiger charge is 2.34. The van der Waals surface area contributed by atoms with Gasteiger partial charge in [-0.1, -0.05) is 49.0 Å². The van der Waals surface area contributed by atoms with Crippen LogP contribution in [-0.2, 0) is 9.59 Å². The molecule has 0 bridgehead atoms. The van der Waals surface area contributed by atoms with Gasteiger partial charge in [0.05, 0.1) is 5.57 Å². The summed E-state index contributed by atoms with van der Waals surface area (Å²) in [4.78, 5) is 29.5. The number of rotatable bonds is 6. The number of thioether (sulfide) groups is 1. The summed E-state index contributed by atoms with van der Waals surface area (Å²) in [6.07, 6.45) is 0. The molecule has 0 fully saturated rings. The van der Waals surface area contributed by atoms with Gasteiger partial charge in [0.2, 0.25) is 17.0 Å². The maximum atomic E-state index is 13.5. The van der Waals surface area contributed by atoms with Gasteiger partial charge in [-0.15, -0.1) is 5.10 Å². The zero-order valence-corrected chi connectivity index (χ0v) is 19.8. The minimum atomic E-state index is -0.477. The summed E-state index contributed by atoms with van der Waals surface area (Å²) in [5, 5.41) is 14.4. The SMILES string of the molecule is CCSc1nc2n(n1)C(c1ccc(NC(C)=O)cc1)C(C(=O)Nc1ccccc1C)=C(C)N2. The van der Waals surface area contributed by atoms with Gasteiger partial charge in [0.25, 0.3) is 5.91 Å². The Morgan fingerprint density at radius 3 is 2.48 bits per heavy atom. The number of allylic oxidation sites excluding steroid dienone is 1. The summed E-state index contributed by atoms with van der Waals surface area (Å²) in [5.74, 6) is 1.08. The number of fused-ring (bicyclic) bond motifs is 1. The maximum Gasteiger partial charge on any atom is 0.255 e. The van der Waals surface area contributed by atoms with Gasteiger partial charge in [-0.05, 0) is 48.9 Å². The highest BCUT2D eigenvalue weighted by atomic mass is 32.2. The first kappa shape index (κ1) is 22.6. The first-order chi connectivity index (χ1) is 15.9. The summed E-state index contributed by atoms with van der Waals surface area (Å²) >= 11 is 1.54. The Hall–Kier alpha value is -3.59. The van der Waals surface area contributed by atoms with E-state index in [2.05, 4.69) is 26.0 Å². The van der Waals surface area contributed by atoms with Gasteiger partial charge in [-0.25, -0.2) is 4.68 Å². The molecule has 1 aliphatic rings. The molecule has 1 unspecified atom stereocenters. The smallest absolute Gasteiger partial charge is 0.255 e. The first-order valence-corrected chi connectivity index (χ1v) is 11.7. The van der Waals surface area contributed by atoms with Crippen LogP contribution in [0.4, 0.5) is 17.3 Å². The lowest BCUT2D eigenvalue weighted by molar-refractivity contribution is -0.114. The van der Waals surface area contributed by atoms with Gasteiger partial charge in [0, 0.05) is 24.0 Å². The van der Waals surface area contributed by atoms with Crippen molar-refractivity contribution in [2.75, 3.05) is 21.7 Å². The highest BCUT2D eigenvalue weighted by Crippen LogP contribution is 2.37. The fourth-order valence-electron chi connectivity index (χ4n) is 3.78. The third kappa shape index (κ3) is 4.78. The largest absolute Gasteiger partial charge is 0.328 e. The van der Waals surface area contributed by atoms with Gasteiger partial charge < -0.3 is 16.0 Å². The van der Waals surface area contributed by atoms with Gasteiger partial charge in [-0.2, -0.15) is 4.98 Å². The molecule has 0 saturated carbocycles. The standard InChI is InChI=1S/C24H26N6O2S/c1-5-33-24-28-23-25-15(3)20(22(32)27-19-9-7-6-8-14(19)2)21(30(23)29-24)17-10-12-18(13-11-17)26-16(4)31/h6-13,21H,5H2,1-4H3,(H,26,31)(H,27,32)(H,25,28,29). The predicted molar refractivity (Wildman–Crippen MR) is 131 cm³/mol. The molecule has 0 spiro atoms. The second kappa shape index (κ2) is 9.50. The number of anilines is 3. The Kier molecular flexibility index (Phi) is 6.50. The van der Waals surface area contributed by atoms with Crippen molar-refractivity contribution in [2.24, 2.45) is 0 Å². The molecule has 2 amide bonds. The van der Waals surface area contributed by atoms with Crippen LogP contribution in [0.1, 0.15) is 37.9 Å². The fraction of sp³-hybridized carbons (Fsp3) is 0.250. The minimum absolute atomic E-state index is 0.140. The van der Waals surface area contributed by atoms with Crippen LogP contribution in [-0.4, -0.2) is 32.3 Å². The summed E-state index contributed by atoms with van der Waals surface area (Å²) < 4.78 is 1.76. The van der Waals surface area contributed by atoms with E-state index in [-0.39, 0.29) is 11.8 Å². The number of para-hydroxylation sites is 1. The van der Waals surface area contributed by atoms with Crippen molar-refractivity contribution >= 4 is 40.9 Å². The molecule has 0 saturated heterocycles. The topological polar surface area (TPSA) is 101 Å². The average molecular weight is 463 g/mol. The lowest BCUT2D eigenvalue weighted by Gasteiger charge is -2.29. The third-order valence-electron chi connectivity index (χ3n) is 5.29. The Labute approximate surface area is 196 Å². The van der Waals surface area contributed by atoms with E-state index in [1.165, 1.54) is 6.92 Å².